The highest BCUT2D eigenvalue weighted by atomic mass is 16.2. The van der Waals surface area contributed by atoms with Gasteiger partial charge in [-0.05, 0) is 6.07 Å². The second-order valence-electron chi connectivity index (χ2n) is 4.52. The number of carbonyl (C=O) groups is 1. The maximum atomic E-state index is 11.5. The fourth-order valence-corrected chi connectivity index (χ4v) is 2.53. The van der Waals surface area contributed by atoms with Crippen LogP contribution >= 0.6 is 0 Å². The van der Waals surface area contributed by atoms with Crippen molar-refractivity contribution in [3.63, 3.8) is 0 Å². The summed E-state index contributed by atoms with van der Waals surface area (Å²) in [4.78, 5) is 19.8. The topological polar surface area (TPSA) is 86.5 Å². The number of nitrogens with one attached hydrogen (secondary N) is 2. The number of pyridine rings is 1. The summed E-state index contributed by atoms with van der Waals surface area (Å²) in [7, 11) is 0. The molecule has 3 rings (SSSR count). The van der Waals surface area contributed by atoms with Crippen molar-refractivity contribution in [3.8, 4) is 0 Å². The minimum Gasteiger partial charge on any atom is -0.367 e. The third-order valence-electron chi connectivity index (χ3n) is 3.49. The summed E-state index contributed by atoms with van der Waals surface area (Å²) in [5, 5.41) is 2.87. The summed E-state index contributed by atoms with van der Waals surface area (Å²) in [6.07, 6.45) is 1.73. The number of rotatable bonds is 2. The molecule has 0 saturated carbocycles. The van der Waals surface area contributed by atoms with Crippen molar-refractivity contribution in [3.05, 3.63) is 18.3 Å². The van der Waals surface area contributed by atoms with Crippen LogP contribution in [-0.2, 0) is 0 Å². The predicted molar refractivity (Wildman–Crippen MR) is 68.2 cm³/mol. The predicted octanol–water partition coefficient (Wildman–Crippen LogP) is -0.419. The molecule has 3 heterocycles. The van der Waals surface area contributed by atoms with E-state index in [2.05, 4.69) is 20.6 Å². The van der Waals surface area contributed by atoms with Crippen molar-refractivity contribution < 1.29 is 4.79 Å². The maximum absolute atomic E-state index is 11.5. The lowest BCUT2D eigenvalue weighted by atomic mass is 10.2. The minimum absolute atomic E-state index is 0.0543. The summed E-state index contributed by atoms with van der Waals surface area (Å²) in [6.45, 7) is 3.15. The number of carbonyl (C=O) groups excluding carboxylic acids is 1. The first-order valence-electron chi connectivity index (χ1n) is 6.00. The molecule has 1 atom stereocenters. The van der Waals surface area contributed by atoms with Gasteiger partial charge in [-0.1, -0.05) is 0 Å². The molecular formula is C11H16N6O. The Labute approximate surface area is 105 Å². The molecule has 2 fully saturated rings. The Bertz CT molecular complexity index is 465. The van der Waals surface area contributed by atoms with Crippen LogP contribution in [0.4, 0.5) is 16.3 Å². The van der Waals surface area contributed by atoms with Crippen LogP contribution in [0.5, 0.6) is 0 Å². The molecular weight excluding hydrogens is 232 g/mol. The average molecular weight is 248 g/mol. The van der Waals surface area contributed by atoms with Crippen molar-refractivity contribution in [2.24, 2.45) is 5.84 Å². The van der Waals surface area contributed by atoms with Crippen LogP contribution < -0.4 is 21.5 Å². The van der Waals surface area contributed by atoms with E-state index in [1.807, 2.05) is 17.0 Å². The monoisotopic (exact) mass is 248 g/mol. The third-order valence-corrected chi connectivity index (χ3v) is 3.49. The Hall–Kier alpha value is -2.02. The van der Waals surface area contributed by atoms with Gasteiger partial charge in [-0.25, -0.2) is 15.6 Å². The molecule has 2 amide bonds. The molecule has 96 valence electrons. The van der Waals surface area contributed by atoms with Crippen molar-refractivity contribution in [2.45, 2.75) is 6.04 Å². The quantitative estimate of drug-likeness (QED) is 0.489. The van der Waals surface area contributed by atoms with Crippen molar-refractivity contribution >= 4 is 17.5 Å². The Morgan fingerprint density at radius 2 is 2.39 bits per heavy atom. The lowest BCUT2D eigenvalue weighted by Crippen LogP contribution is -2.52. The van der Waals surface area contributed by atoms with E-state index in [0.717, 1.165) is 31.9 Å². The normalized spacial score (nSPS) is 22.7. The molecule has 0 spiro atoms. The van der Waals surface area contributed by atoms with Crippen LogP contribution in [0.15, 0.2) is 18.3 Å². The second-order valence-corrected chi connectivity index (χ2v) is 4.52. The molecule has 0 aliphatic carbocycles. The number of aromatic nitrogens is 1. The first-order chi connectivity index (χ1) is 8.78. The van der Waals surface area contributed by atoms with Crippen LogP contribution in [0.3, 0.4) is 0 Å². The molecule has 18 heavy (non-hydrogen) atoms. The Morgan fingerprint density at radius 3 is 3.22 bits per heavy atom. The van der Waals surface area contributed by atoms with Gasteiger partial charge in [0.2, 0.25) is 0 Å². The van der Waals surface area contributed by atoms with Crippen LogP contribution in [0, 0.1) is 0 Å². The first kappa shape index (κ1) is 11.1. The number of nitrogens with two attached hydrogens (primary N) is 1. The lowest BCUT2D eigenvalue weighted by Gasteiger charge is -2.37. The number of hydrogen-bond acceptors (Lipinski definition) is 5. The highest BCUT2D eigenvalue weighted by molar-refractivity contribution is 5.77. The SMILES string of the molecule is NNc1cc(N2CCN3C(=O)NCC3C2)ccn1. The number of amides is 2. The fourth-order valence-electron chi connectivity index (χ4n) is 2.53. The maximum Gasteiger partial charge on any atom is 0.317 e. The van der Waals surface area contributed by atoms with Crippen molar-refractivity contribution in [1.82, 2.24) is 15.2 Å². The van der Waals surface area contributed by atoms with Gasteiger partial charge in [-0.15, -0.1) is 0 Å². The summed E-state index contributed by atoms with van der Waals surface area (Å²) < 4.78 is 0. The molecule has 2 saturated heterocycles. The number of hydrogen-bond donors (Lipinski definition) is 3. The third kappa shape index (κ3) is 1.82. The van der Waals surface area contributed by atoms with E-state index in [9.17, 15) is 4.79 Å². The number of nitrogen functional groups attached to an aromatic ring is 1. The number of piperazine rings is 1. The van der Waals surface area contributed by atoms with E-state index in [0.29, 0.717) is 5.82 Å². The van der Waals surface area contributed by atoms with Crippen molar-refractivity contribution in [1.29, 1.82) is 0 Å². The lowest BCUT2D eigenvalue weighted by molar-refractivity contribution is 0.197. The van der Waals surface area contributed by atoms with Crippen LogP contribution in [-0.4, -0.2) is 48.1 Å². The van der Waals surface area contributed by atoms with Gasteiger partial charge in [-0.2, -0.15) is 0 Å². The summed E-state index contributed by atoms with van der Waals surface area (Å²) in [5.41, 5.74) is 3.63. The van der Waals surface area contributed by atoms with Gasteiger partial charge in [0.05, 0.1) is 6.04 Å². The van der Waals surface area contributed by atoms with Gasteiger partial charge in [0.1, 0.15) is 5.82 Å². The Morgan fingerprint density at radius 1 is 1.50 bits per heavy atom. The van der Waals surface area contributed by atoms with E-state index < -0.39 is 0 Å². The average Bonchev–Trinajstić information content (AvgIpc) is 2.80. The molecule has 7 nitrogen and oxygen atoms in total. The van der Waals surface area contributed by atoms with Gasteiger partial charge >= 0.3 is 6.03 Å². The molecule has 2 aliphatic heterocycles. The van der Waals surface area contributed by atoms with Crippen LogP contribution in [0.1, 0.15) is 0 Å². The fraction of sp³-hybridized carbons (Fsp3) is 0.455. The summed E-state index contributed by atoms with van der Waals surface area (Å²) >= 11 is 0. The molecule has 0 bridgehead atoms. The highest BCUT2D eigenvalue weighted by Gasteiger charge is 2.35. The minimum atomic E-state index is 0.0543. The molecule has 1 unspecified atom stereocenters. The van der Waals surface area contributed by atoms with Gasteiger partial charge in [0.25, 0.3) is 0 Å². The molecule has 4 N–H and O–H groups in total. The van der Waals surface area contributed by atoms with E-state index in [4.69, 9.17) is 5.84 Å². The summed E-state index contributed by atoms with van der Waals surface area (Å²) in [6, 6.07) is 4.19. The number of nitrogens with zero attached hydrogens (tertiary/aromatic N) is 3. The molecule has 1 aromatic rings. The van der Waals surface area contributed by atoms with Gasteiger partial charge in [-0.3, -0.25) is 0 Å². The standard InChI is InChI=1S/C11H16N6O/c12-15-10-5-8(1-2-13-10)16-3-4-17-9(7-16)6-14-11(17)18/h1-2,5,9H,3-4,6-7,12H2,(H,13,15)(H,14,18). The highest BCUT2D eigenvalue weighted by Crippen LogP contribution is 2.22. The molecule has 7 heteroatoms. The van der Waals surface area contributed by atoms with Crippen molar-refractivity contribution in [2.75, 3.05) is 36.5 Å². The Balaban J connectivity index is 1.76. The van der Waals surface area contributed by atoms with Crippen LogP contribution in [0.2, 0.25) is 0 Å². The zero-order valence-corrected chi connectivity index (χ0v) is 9.97. The van der Waals surface area contributed by atoms with Gasteiger partial charge < -0.3 is 20.5 Å². The Kier molecular flexibility index (Phi) is 2.67. The van der Waals surface area contributed by atoms with E-state index in [1.165, 1.54) is 0 Å². The number of anilines is 2. The second kappa shape index (κ2) is 4.34. The largest absolute Gasteiger partial charge is 0.367 e. The number of fused-ring (bicyclic) bond motifs is 1. The van der Waals surface area contributed by atoms with Gasteiger partial charge in [0.15, 0.2) is 0 Å². The van der Waals surface area contributed by atoms with Gasteiger partial charge in [0, 0.05) is 44.1 Å². The van der Waals surface area contributed by atoms with E-state index in [-0.39, 0.29) is 12.1 Å². The summed E-state index contributed by atoms with van der Waals surface area (Å²) in [5.74, 6) is 6.01. The molecule has 0 aromatic carbocycles. The van der Waals surface area contributed by atoms with E-state index >= 15 is 0 Å². The molecule has 1 aromatic heterocycles. The smallest absolute Gasteiger partial charge is 0.317 e. The number of urea groups is 1. The zero-order chi connectivity index (χ0) is 12.5. The first-order valence-corrected chi connectivity index (χ1v) is 6.00. The van der Waals surface area contributed by atoms with Crippen LogP contribution in [0.25, 0.3) is 0 Å². The molecule has 2 aliphatic rings. The van der Waals surface area contributed by atoms with E-state index in [1.54, 1.807) is 6.20 Å². The zero-order valence-electron chi connectivity index (χ0n) is 9.97. The number of hydrazine groups is 1. The molecule has 0 radical (unpaired) electrons.